The molecule has 0 saturated carbocycles. The van der Waals surface area contributed by atoms with E-state index in [9.17, 15) is 0 Å². The molecule has 2 nitrogen and oxygen atoms in total. The van der Waals surface area contributed by atoms with Crippen molar-refractivity contribution in [3.05, 3.63) is 22.4 Å². The van der Waals surface area contributed by atoms with Gasteiger partial charge in [0.05, 0.1) is 21.7 Å². The molecule has 0 aliphatic heterocycles. The molecule has 1 aliphatic carbocycles. The van der Waals surface area contributed by atoms with E-state index in [1.54, 1.807) is 0 Å². The molecule has 2 rings (SSSR count). The summed E-state index contributed by atoms with van der Waals surface area (Å²) in [7, 11) is 0. The predicted molar refractivity (Wildman–Crippen MR) is 71.7 cm³/mol. The maximum atomic E-state index is 6.19. The summed E-state index contributed by atoms with van der Waals surface area (Å²) >= 11 is 9.76. The Hall–Kier alpha value is -0.280. The molecule has 1 aromatic rings. The zero-order chi connectivity index (χ0) is 11.5. The smallest absolute Gasteiger partial charge is 0.0781 e. The van der Waals surface area contributed by atoms with Gasteiger partial charge in [-0.3, -0.25) is 4.68 Å². The van der Waals surface area contributed by atoms with E-state index < -0.39 is 0 Å². The van der Waals surface area contributed by atoms with Crippen LogP contribution in [0.1, 0.15) is 38.3 Å². The number of hydrogen-bond acceptors (Lipinski definition) is 1. The molecule has 0 bridgehead atoms. The van der Waals surface area contributed by atoms with E-state index in [1.165, 1.54) is 17.7 Å². The van der Waals surface area contributed by atoms with Gasteiger partial charge in [-0.15, -0.1) is 11.6 Å². The highest BCUT2D eigenvalue weighted by molar-refractivity contribution is 9.10. The Labute approximate surface area is 110 Å². The summed E-state index contributed by atoms with van der Waals surface area (Å²) in [6.07, 6.45) is 8.52. The second-order valence-corrected chi connectivity index (χ2v) is 5.58. The van der Waals surface area contributed by atoms with E-state index in [1.807, 2.05) is 6.20 Å². The normalized spacial score (nSPS) is 20.9. The monoisotopic (exact) mass is 302 g/mol. The summed E-state index contributed by atoms with van der Waals surface area (Å²) in [5.41, 5.74) is 2.55. The summed E-state index contributed by atoms with van der Waals surface area (Å²) in [5.74, 6) is 0. The Morgan fingerprint density at radius 3 is 3.12 bits per heavy atom. The fourth-order valence-electron chi connectivity index (χ4n) is 2.13. The van der Waals surface area contributed by atoms with Gasteiger partial charge in [-0.05, 0) is 47.2 Å². The minimum Gasteiger partial charge on any atom is -0.264 e. The van der Waals surface area contributed by atoms with Crippen LogP contribution < -0.4 is 0 Å². The highest BCUT2D eigenvalue weighted by Gasteiger charge is 2.18. The molecular weight excluding hydrogens is 288 g/mol. The van der Waals surface area contributed by atoms with Crippen molar-refractivity contribution in [3.8, 4) is 0 Å². The molecule has 0 fully saturated rings. The Morgan fingerprint density at radius 1 is 1.62 bits per heavy atom. The minimum atomic E-state index is 0.181. The van der Waals surface area contributed by atoms with Crippen LogP contribution in [0, 0.1) is 0 Å². The lowest BCUT2D eigenvalue weighted by Gasteiger charge is -2.18. The van der Waals surface area contributed by atoms with Crippen LogP contribution in [0.5, 0.6) is 0 Å². The number of hydrogen-bond donors (Lipinski definition) is 0. The molecule has 88 valence electrons. The number of alkyl halides is 1. The van der Waals surface area contributed by atoms with Gasteiger partial charge in [-0.25, -0.2) is 0 Å². The Morgan fingerprint density at radius 2 is 2.44 bits per heavy atom. The highest BCUT2D eigenvalue weighted by Crippen LogP contribution is 2.33. The molecule has 1 atom stereocenters. The first-order valence-corrected chi connectivity index (χ1v) is 7.01. The fraction of sp³-hybridized carbons (Fsp3) is 0.583. The van der Waals surface area contributed by atoms with E-state index >= 15 is 0 Å². The van der Waals surface area contributed by atoms with Gasteiger partial charge in [0.25, 0.3) is 0 Å². The molecule has 0 radical (unpaired) electrons. The van der Waals surface area contributed by atoms with Crippen LogP contribution in [0.15, 0.2) is 16.7 Å². The molecular formula is C12H16BrClN2. The Kier molecular flexibility index (Phi) is 4.09. The second kappa shape index (κ2) is 5.37. The Balaban J connectivity index is 2.34. The lowest BCUT2D eigenvalue weighted by Crippen LogP contribution is -2.09. The molecule has 0 N–H and O–H groups in total. The van der Waals surface area contributed by atoms with Crippen molar-refractivity contribution in [1.29, 1.82) is 0 Å². The summed E-state index contributed by atoms with van der Waals surface area (Å²) in [4.78, 5) is 0. The molecule has 16 heavy (non-hydrogen) atoms. The van der Waals surface area contributed by atoms with Crippen molar-refractivity contribution in [2.75, 3.05) is 0 Å². The molecule has 0 amide bonds. The van der Waals surface area contributed by atoms with E-state index in [2.05, 4.69) is 38.7 Å². The van der Waals surface area contributed by atoms with Gasteiger partial charge >= 0.3 is 0 Å². The number of aromatic nitrogens is 2. The van der Waals surface area contributed by atoms with Crippen LogP contribution >= 0.6 is 27.5 Å². The number of halogens is 2. The lowest BCUT2D eigenvalue weighted by atomic mass is 9.97. The van der Waals surface area contributed by atoms with Crippen LogP contribution in [0.3, 0.4) is 0 Å². The van der Waals surface area contributed by atoms with Crippen molar-refractivity contribution >= 4 is 33.1 Å². The number of allylic oxidation sites excluding steroid dienone is 2. The molecule has 1 unspecified atom stereocenters. The molecule has 4 heteroatoms. The van der Waals surface area contributed by atoms with E-state index in [4.69, 9.17) is 11.6 Å². The minimum absolute atomic E-state index is 0.181. The molecule has 0 aromatic carbocycles. The first kappa shape index (κ1) is 12.2. The van der Waals surface area contributed by atoms with Crippen LogP contribution in [0.4, 0.5) is 0 Å². The van der Waals surface area contributed by atoms with Gasteiger partial charge in [0.15, 0.2) is 0 Å². The van der Waals surface area contributed by atoms with Crippen molar-refractivity contribution in [2.24, 2.45) is 0 Å². The second-order valence-electron chi connectivity index (χ2n) is 4.16. The molecule has 1 heterocycles. The largest absolute Gasteiger partial charge is 0.264 e. The van der Waals surface area contributed by atoms with Gasteiger partial charge in [-0.2, -0.15) is 5.10 Å². The fourth-order valence-corrected chi connectivity index (χ4v) is 2.99. The van der Waals surface area contributed by atoms with Crippen LogP contribution in [0.25, 0.3) is 5.57 Å². The maximum absolute atomic E-state index is 6.19. The number of aryl methyl sites for hydroxylation is 1. The van der Waals surface area contributed by atoms with Crippen LogP contribution in [0.2, 0.25) is 0 Å². The van der Waals surface area contributed by atoms with Crippen LogP contribution in [-0.4, -0.2) is 15.2 Å². The molecule has 0 spiro atoms. The first-order valence-electron chi connectivity index (χ1n) is 5.78. The third-order valence-electron chi connectivity index (χ3n) is 2.84. The topological polar surface area (TPSA) is 17.8 Å². The summed E-state index contributed by atoms with van der Waals surface area (Å²) in [5, 5.41) is 4.57. The number of rotatable bonds is 3. The average Bonchev–Trinajstić information content (AvgIpc) is 2.60. The average molecular weight is 304 g/mol. The van der Waals surface area contributed by atoms with E-state index in [0.29, 0.717) is 0 Å². The molecule has 0 saturated heterocycles. The van der Waals surface area contributed by atoms with Gasteiger partial charge in [0, 0.05) is 6.54 Å². The van der Waals surface area contributed by atoms with Crippen LogP contribution in [-0.2, 0) is 6.54 Å². The SMILES string of the molecule is CCCn1ncc(Br)c1C1=CC(Cl)CCC1. The van der Waals surface area contributed by atoms with Gasteiger partial charge in [0.1, 0.15) is 0 Å². The van der Waals surface area contributed by atoms with Crippen molar-refractivity contribution in [3.63, 3.8) is 0 Å². The first-order chi connectivity index (χ1) is 7.72. The standard InChI is InChI=1S/C12H16BrClN2/c1-2-6-16-12(11(13)8-15-16)9-4-3-5-10(14)7-9/h7-8,10H,2-6H2,1H3. The lowest BCUT2D eigenvalue weighted by molar-refractivity contribution is 0.591. The zero-order valence-electron chi connectivity index (χ0n) is 9.42. The van der Waals surface area contributed by atoms with E-state index in [-0.39, 0.29) is 5.38 Å². The quantitative estimate of drug-likeness (QED) is 0.764. The van der Waals surface area contributed by atoms with Crippen molar-refractivity contribution in [1.82, 2.24) is 9.78 Å². The summed E-state index contributed by atoms with van der Waals surface area (Å²) in [6.45, 7) is 3.13. The third kappa shape index (κ3) is 2.51. The summed E-state index contributed by atoms with van der Waals surface area (Å²) in [6, 6.07) is 0. The third-order valence-corrected chi connectivity index (χ3v) is 3.77. The Bertz CT molecular complexity index is 398. The van der Waals surface area contributed by atoms with Crippen molar-refractivity contribution in [2.45, 2.75) is 44.5 Å². The maximum Gasteiger partial charge on any atom is 0.0781 e. The van der Waals surface area contributed by atoms with Gasteiger partial charge < -0.3 is 0 Å². The van der Waals surface area contributed by atoms with Crippen molar-refractivity contribution < 1.29 is 0 Å². The molecule has 1 aliphatic rings. The van der Waals surface area contributed by atoms with Gasteiger partial charge in [-0.1, -0.05) is 13.0 Å². The highest BCUT2D eigenvalue weighted by atomic mass is 79.9. The summed E-state index contributed by atoms with van der Waals surface area (Å²) < 4.78 is 3.16. The predicted octanol–water partition coefficient (Wildman–Crippen LogP) is 4.23. The molecule has 1 aromatic heterocycles. The zero-order valence-corrected chi connectivity index (χ0v) is 11.8. The number of nitrogens with zero attached hydrogens (tertiary/aromatic N) is 2. The van der Waals surface area contributed by atoms with Gasteiger partial charge in [0.2, 0.25) is 0 Å². The van der Waals surface area contributed by atoms with E-state index in [0.717, 1.165) is 30.3 Å².